The Morgan fingerprint density at radius 1 is 1.12 bits per heavy atom. The largest absolute Gasteiger partial charge is 0.417 e. The van der Waals surface area contributed by atoms with Gasteiger partial charge in [-0.1, -0.05) is 0 Å². The first-order valence-electron chi connectivity index (χ1n) is 8.05. The highest BCUT2D eigenvalue weighted by Crippen LogP contribution is 2.33. The van der Waals surface area contributed by atoms with E-state index >= 15 is 0 Å². The van der Waals surface area contributed by atoms with Crippen LogP contribution < -0.4 is 4.90 Å². The lowest BCUT2D eigenvalue weighted by molar-refractivity contribution is -0.137. The minimum absolute atomic E-state index is 0.230. The van der Waals surface area contributed by atoms with Crippen molar-refractivity contribution in [3.8, 4) is 0 Å². The summed E-state index contributed by atoms with van der Waals surface area (Å²) in [6.45, 7) is 2.50. The van der Waals surface area contributed by atoms with E-state index in [9.17, 15) is 17.6 Å². The number of rotatable bonds is 1. The van der Waals surface area contributed by atoms with Crippen molar-refractivity contribution < 1.29 is 17.6 Å². The Balaban J connectivity index is 1.77. The number of halogens is 4. The number of pyridine rings is 1. The Morgan fingerprint density at radius 3 is 2.69 bits per heavy atom. The second kappa shape index (κ2) is 5.89. The lowest BCUT2D eigenvalue weighted by atomic mass is 10.0. The summed E-state index contributed by atoms with van der Waals surface area (Å²) in [6.07, 6.45) is -3.08. The van der Waals surface area contributed by atoms with Crippen LogP contribution in [0, 0.1) is 12.7 Å². The summed E-state index contributed by atoms with van der Waals surface area (Å²) in [5.74, 6) is 0.631. The van der Waals surface area contributed by atoms with E-state index < -0.39 is 17.6 Å². The Morgan fingerprint density at radius 2 is 1.92 bits per heavy atom. The van der Waals surface area contributed by atoms with Crippen molar-refractivity contribution in [1.29, 1.82) is 0 Å². The molecule has 1 aromatic carbocycles. The summed E-state index contributed by atoms with van der Waals surface area (Å²) in [7, 11) is 0. The van der Waals surface area contributed by atoms with Gasteiger partial charge in [0.05, 0.1) is 11.1 Å². The molecule has 0 saturated carbocycles. The van der Waals surface area contributed by atoms with Crippen molar-refractivity contribution in [1.82, 2.24) is 15.0 Å². The molecule has 0 aliphatic carbocycles. The zero-order valence-corrected chi connectivity index (χ0v) is 13.8. The molecule has 4 nitrogen and oxygen atoms in total. The summed E-state index contributed by atoms with van der Waals surface area (Å²) in [6, 6.07) is 5.38. The average molecular weight is 362 g/mol. The third-order valence-corrected chi connectivity index (χ3v) is 4.42. The molecule has 0 radical (unpaired) electrons. The van der Waals surface area contributed by atoms with Gasteiger partial charge in [0, 0.05) is 36.8 Å². The Bertz CT molecular complexity index is 1000. The quantitative estimate of drug-likeness (QED) is 0.613. The van der Waals surface area contributed by atoms with Crippen molar-refractivity contribution in [3.05, 3.63) is 58.9 Å². The molecule has 0 saturated heterocycles. The molecular weight excluding hydrogens is 348 g/mol. The van der Waals surface area contributed by atoms with Crippen LogP contribution in [0.15, 0.2) is 30.5 Å². The molecule has 0 spiro atoms. The fourth-order valence-corrected chi connectivity index (χ4v) is 3.20. The van der Waals surface area contributed by atoms with Crippen LogP contribution in [-0.4, -0.2) is 21.5 Å². The van der Waals surface area contributed by atoms with Crippen molar-refractivity contribution in [2.75, 3.05) is 11.4 Å². The van der Waals surface area contributed by atoms with E-state index in [1.54, 1.807) is 13.0 Å². The standard InChI is InChI=1S/C18H14F4N4/c1-10-24-16-3-2-13(19)7-14(16)17(25-10)26-5-4-15-11(9-26)6-12(8-23-15)18(20,21)22/h2-3,6-8H,4-5,9H2,1H3. The normalized spacial score (nSPS) is 14.6. The van der Waals surface area contributed by atoms with E-state index in [1.165, 1.54) is 12.1 Å². The van der Waals surface area contributed by atoms with E-state index in [0.29, 0.717) is 46.8 Å². The summed E-state index contributed by atoms with van der Waals surface area (Å²) < 4.78 is 52.6. The number of hydrogen-bond acceptors (Lipinski definition) is 4. The third kappa shape index (κ3) is 2.95. The highest BCUT2D eigenvalue weighted by molar-refractivity contribution is 5.89. The minimum atomic E-state index is -4.44. The number of hydrogen-bond donors (Lipinski definition) is 0. The molecule has 26 heavy (non-hydrogen) atoms. The van der Waals surface area contributed by atoms with E-state index in [-0.39, 0.29) is 6.54 Å². The number of fused-ring (bicyclic) bond motifs is 2. The average Bonchev–Trinajstić information content (AvgIpc) is 2.59. The monoisotopic (exact) mass is 362 g/mol. The smallest absolute Gasteiger partial charge is 0.351 e. The first kappa shape index (κ1) is 16.7. The van der Waals surface area contributed by atoms with Crippen molar-refractivity contribution in [2.24, 2.45) is 0 Å². The molecule has 3 heterocycles. The van der Waals surface area contributed by atoms with E-state index in [4.69, 9.17) is 0 Å². The van der Waals surface area contributed by atoms with Gasteiger partial charge in [-0.15, -0.1) is 0 Å². The Kier molecular flexibility index (Phi) is 3.78. The summed E-state index contributed by atoms with van der Waals surface area (Å²) in [5.41, 5.74) is 0.983. The van der Waals surface area contributed by atoms with Crippen LogP contribution in [0.3, 0.4) is 0 Å². The molecule has 0 N–H and O–H groups in total. The van der Waals surface area contributed by atoms with Crippen LogP contribution in [0.1, 0.15) is 22.6 Å². The number of anilines is 1. The molecule has 0 atom stereocenters. The van der Waals surface area contributed by atoms with Crippen LogP contribution in [0.4, 0.5) is 23.4 Å². The number of aromatic nitrogens is 3. The lowest BCUT2D eigenvalue weighted by Gasteiger charge is -2.30. The molecule has 4 rings (SSSR count). The molecule has 0 fully saturated rings. The molecule has 2 aromatic heterocycles. The summed E-state index contributed by atoms with van der Waals surface area (Å²) >= 11 is 0. The molecule has 1 aliphatic rings. The van der Waals surface area contributed by atoms with E-state index in [2.05, 4.69) is 15.0 Å². The molecular formula is C18H14F4N4. The molecule has 8 heteroatoms. The van der Waals surface area contributed by atoms with Crippen LogP contribution in [0.2, 0.25) is 0 Å². The van der Waals surface area contributed by atoms with Gasteiger partial charge in [0.1, 0.15) is 17.5 Å². The van der Waals surface area contributed by atoms with Gasteiger partial charge in [-0.3, -0.25) is 4.98 Å². The molecule has 3 aromatic rings. The second-order valence-electron chi connectivity index (χ2n) is 6.26. The van der Waals surface area contributed by atoms with Gasteiger partial charge in [0.25, 0.3) is 0 Å². The number of nitrogens with zero attached hydrogens (tertiary/aromatic N) is 4. The van der Waals surface area contributed by atoms with E-state index in [0.717, 1.165) is 12.3 Å². The molecule has 0 bridgehead atoms. The van der Waals surface area contributed by atoms with E-state index in [1.807, 2.05) is 4.90 Å². The predicted octanol–water partition coefficient (Wildman–Crippen LogP) is 4.05. The van der Waals surface area contributed by atoms with Gasteiger partial charge in [-0.05, 0) is 36.8 Å². The van der Waals surface area contributed by atoms with Crippen LogP contribution >= 0.6 is 0 Å². The topological polar surface area (TPSA) is 41.9 Å². The van der Waals surface area contributed by atoms with Crippen LogP contribution in [0.5, 0.6) is 0 Å². The predicted molar refractivity (Wildman–Crippen MR) is 88.2 cm³/mol. The molecule has 1 aliphatic heterocycles. The first-order valence-corrected chi connectivity index (χ1v) is 8.05. The maximum atomic E-state index is 13.7. The van der Waals surface area contributed by atoms with Crippen molar-refractivity contribution in [2.45, 2.75) is 26.1 Å². The highest BCUT2D eigenvalue weighted by atomic mass is 19.4. The number of alkyl halides is 3. The Labute approximate surface area is 146 Å². The SMILES string of the molecule is Cc1nc(N2CCc3ncc(C(F)(F)F)cc3C2)c2cc(F)ccc2n1. The number of aryl methyl sites for hydroxylation is 1. The maximum absolute atomic E-state index is 13.7. The van der Waals surface area contributed by atoms with Gasteiger partial charge in [0.2, 0.25) is 0 Å². The summed E-state index contributed by atoms with van der Waals surface area (Å²) in [5, 5.41) is 0.541. The molecule has 134 valence electrons. The minimum Gasteiger partial charge on any atom is -0.351 e. The van der Waals surface area contributed by atoms with Gasteiger partial charge < -0.3 is 4.90 Å². The fraction of sp³-hybridized carbons (Fsp3) is 0.278. The van der Waals surface area contributed by atoms with Gasteiger partial charge >= 0.3 is 6.18 Å². The van der Waals surface area contributed by atoms with Crippen molar-refractivity contribution in [3.63, 3.8) is 0 Å². The number of benzene rings is 1. The lowest BCUT2D eigenvalue weighted by Crippen LogP contribution is -2.32. The highest BCUT2D eigenvalue weighted by Gasteiger charge is 2.32. The van der Waals surface area contributed by atoms with Crippen LogP contribution in [-0.2, 0) is 19.1 Å². The zero-order valence-electron chi connectivity index (χ0n) is 13.8. The first-order chi connectivity index (χ1) is 12.3. The maximum Gasteiger partial charge on any atom is 0.417 e. The third-order valence-electron chi connectivity index (χ3n) is 4.42. The zero-order chi connectivity index (χ0) is 18.5. The van der Waals surface area contributed by atoms with Gasteiger partial charge in [0.15, 0.2) is 0 Å². The van der Waals surface area contributed by atoms with Crippen LogP contribution in [0.25, 0.3) is 10.9 Å². The molecule has 0 unspecified atom stereocenters. The second-order valence-corrected chi connectivity index (χ2v) is 6.26. The summed E-state index contributed by atoms with van der Waals surface area (Å²) in [4.78, 5) is 14.5. The fourth-order valence-electron chi connectivity index (χ4n) is 3.20. The van der Waals surface area contributed by atoms with Gasteiger partial charge in [-0.25, -0.2) is 14.4 Å². The Hall–Kier alpha value is -2.77. The van der Waals surface area contributed by atoms with Gasteiger partial charge in [-0.2, -0.15) is 13.2 Å². The van der Waals surface area contributed by atoms with Crippen molar-refractivity contribution >= 4 is 16.7 Å². The molecule has 0 amide bonds.